The minimum absolute atomic E-state index is 0.129. The number of aliphatic hydroxyl groups is 1. The average molecular weight is 235 g/mol. The molecule has 0 bridgehead atoms. The molecule has 0 saturated heterocycles. The van der Waals surface area contributed by atoms with Crippen molar-refractivity contribution in [2.75, 3.05) is 0 Å². The van der Waals surface area contributed by atoms with E-state index < -0.39 is 5.60 Å². The first kappa shape index (κ1) is 12.4. The van der Waals surface area contributed by atoms with Crippen molar-refractivity contribution >= 4 is 0 Å². The smallest absolute Gasteiger partial charge is 0.138 e. The molecule has 2 unspecified atom stereocenters. The highest BCUT2D eigenvalue weighted by Gasteiger charge is 2.37. The summed E-state index contributed by atoms with van der Waals surface area (Å²) in [6, 6.07) is 1.92. The Kier molecular flexibility index (Phi) is 3.38. The van der Waals surface area contributed by atoms with Crippen LogP contribution in [0.2, 0.25) is 0 Å². The Labute approximate surface area is 103 Å². The van der Waals surface area contributed by atoms with Crippen LogP contribution in [0.25, 0.3) is 0 Å². The van der Waals surface area contributed by atoms with Crippen LogP contribution < -0.4 is 4.74 Å². The molecule has 17 heavy (non-hydrogen) atoms. The van der Waals surface area contributed by atoms with Gasteiger partial charge in [0.2, 0.25) is 0 Å². The fraction of sp³-hybridized carbons (Fsp3) is 0.643. The summed E-state index contributed by atoms with van der Waals surface area (Å²) < 4.78 is 5.61. The van der Waals surface area contributed by atoms with Crippen molar-refractivity contribution in [1.29, 1.82) is 0 Å². The van der Waals surface area contributed by atoms with Crippen LogP contribution in [-0.2, 0) is 5.60 Å². The zero-order valence-electron chi connectivity index (χ0n) is 10.8. The summed E-state index contributed by atoms with van der Waals surface area (Å²) in [7, 11) is 0. The number of hydrogen-bond donors (Lipinski definition) is 1. The van der Waals surface area contributed by atoms with Crippen molar-refractivity contribution < 1.29 is 9.84 Å². The number of pyridine rings is 1. The molecule has 94 valence electrons. The third kappa shape index (κ3) is 2.78. The van der Waals surface area contributed by atoms with Crippen LogP contribution in [0.4, 0.5) is 0 Å². The van der Waals surface area contributed by atoms with Gasteiger partial charge in [0, 0.05) is 11.8 Å². The maximum Gasteiger partial charge on any atom is 0.138 e. The van der Waals surface area contributed by atoms with Gasteiger partial charge >= 0.3 is 0 Å². The van der Waals surface area contributed by atoms with Gasteiger partial charge in [-0.05, 0) is 45.1 Å². The third-order valence-corrected chi connectivity index (χ3v) is 3.36. The molecule has 0 radical (unpaired) electrons. The third-order valence-electron chi connectivity index (χ3n) is 3.36. The molecule has 1 aromatic heterocycles. The van der Waals surface area contributed by atoms with E-state index >= 15 is 0 Å². The van der Waals surface area contributed by atoms with Gasteiger partial charge in [-0.25, -0.2) is 0 Å². The van der Waals surface area contributed by atoms with Gasteiger partial charge in [-0.2, -0.15) is 0 Å². The molecule has 3 nitrogen and oxygen atoms in total. The van der Waals surface area contributed by atoms with E-state index in [1.54, 1.807) is 12.4 Å². The molecule has 3 heteroatoms. The molecule has 1 aromatic rings. The highest BCUT2D eigenvalue weighted by atomic mass is 16.5. The average Bonchev–Trinajstić information content (AvgIpc) is 2.59. The molecule has 1 aliphatic carbocycles. The van der Waals surface area contributed by atoms with Gasteiger partial charge in [-0.3, -0.25) is 4.98 Å². The molecule has 0 spiro atoms. The van der Waals surface area contributed by atoms with Crippen molar-refractivity contribution in [3.05, 3.63) is 24.0 Å². The van der Waals surface area contributed by atoms with Crippen molar-refractivity contribution in [2.24, 2.45) is 5.92 Å². The number of rotatable bonds is 3. The van der Waals surface area contributed by atoms with E-state index in [1.807, 2.05) is 19.9 Å². The molecule has 1 N–H and O–H groups in total. The molecule has 1 heterocycles. The monoisotopic (exact) mass is 235 g/mol. The van der Waals surface area contributed by atoms with E-state index in [4.69, 9.17) is 4.74 Å². The Bertz CT molecular complexity index is 392. The van der Waals surface area contributed by atoms with Crippen molar-refractivity contribution in [3.63, 3.8) is 0 Å². The molecule has 2 rings (SSSR count). The van der Waals surface area contributed by atoms with Gasteiger partial charge in [0.25, 0.3) is 0 Å². The predicted octanol–water partition coefficient (Wildman–Crippen LogP) is 2.88. The minimum Gasteiger partial charge on any atom is -0.489 e. The van der Waals surface area contributed by atoms with Gasteiger partial charge in [-0.1, -0.05) is 6.92 Å². The molecule has 1 saturated carbocycles. The first-order chi connectivity index (χ1) is 7.99. The Morgan fingerprint density at radius 3 is 2.82 bits per heavy atom. The summed E-state index contributed by atoms with van der Waals surface area (Å²) >= 11 is 0. The largest absolute Gasteiger partial charge is 0.489 e. The summed E-state index contributed by atoms with van der Waals surface area (Å²) in [5.41, 5.74) is 0.183. The predicted molar refractivity (Wildman–Crippen MR) is 66.9 cm³/mol. The Hall–Kier alpha value is -1.09. The second-order valence-corrected chi connectivity index (χ2v) is 5.46. The van der Waals surface area contributed by atoms with E-state index in [2.05, 4.69) is 11.9 Å². The van der Waals surface area contributed by atoms with Gasteiger partial charge < -0.3 is 9.84 Å². The van der Waals surface area contributed by atoms with E-state index in [-0.39, 0.29) is 6.10 Å². The summed E-state index contributed by atoms with van der Waals surface area (Å²) in [5, 5.41) is 10.6. The topological polar surface area (TPSA) is 42.4 Å². The lowest BCUT2D eigenvalue weighted by atomic mass is 9.92. The van der Waals surface area contributed by atoms with Crippen LogP contribution >= 0.6 is 0 Å². The van der Waals surface area contributed by atoms with Crippen LogP contribution in [0.5, 0.6) is 5.75 Å². The lowest BCUT2D eigenvalue weighted by Crippen LogP contribution is -2.22. The number of aromatic nitrogens is 1. The number of ether oxygens (including phenoxy) is 1. The maximum atomic E-state index is 10.6. The van der Waals surface area contributed by atoms with E-state index in [9.17, 15) is 5.11 Å². The Balaban J connectivity index is 2.21. The normalized spacial score (nSPS) is 28.6. The zero-order chi connectivity index (χ0) is 12.5. The summed E-state index contributed by atoms with van der Waals surface area (Å²) in [6.45, 7) is 6.15. The fourth-order valence-corrected chi connectivity index (χ4v) is 2.54. The summed E-state index contributed by atoms with van der Waals surface area (Å²) in [4.78, 5) is 4.17. The minimum atomic E-state index is -0.706. The zero-order valence-corrected chi connectivity index (χ0v) is 10.8. The number of hydrogen-bond acceptors (Lipinski definition) is 3. The van der Waals surface area contributed by atoms with E-state index in [1.165, 1.54) is 0 Å². The van der Waals surface area contributed by atoms with Crippen molar-refractivity contribution in [2.45, 2.75) is 51.7 Å². The van der Waals surface area contributed by atoms with Crippen molar-refractivity contribution in [3.8, 4) is 5.75 Å². The SMILES string of the molecule is CC1CCC(O)(c2cncc(OC(C)C)c2)C1. The second kappa shape index (κ2) is 4.65. The van der Waals surface area contributed by atoms with Crippen LogP contribution in [0.1, 0.15) is 45.6 Å². The van der Waals surface area contributed by atoms with Gasteiger partial charge in [0.05, 0.1) is 17.9 Å². The molecule has 0 aliphatic heterocycles. The lowest BCUT2D eigenvalue weighted by Gasteiger charge is -2.23. The standard InChI is InChI=1S/C14H21NO2/c1-10(2)17-13-6-12(8-15-9-13)14(16)5-4-11(3)7-14/h6,8-11,16H,4-5,7H2,1-3H3. The summed E-state index contributed by atoms with van der Waals surface area (Å²) in [5.74, 6) is 1.32. The van der Waals surface area contributed by atoms with Gasteiger partial charge in [-0.15, -0.1) is 0 Å². The first-order valence-corrected chi connectivity index (χ1v) is 6.34. The highest BCUT2D eigenvalue weighted by Crippen LogP contribution is 2.42. The summed E-state index contributed by atoms with van der Waals surface area (Å²) in [6.07, 6.45) is 6.30. The molecule has 1 fully saturated rings. The van der Waals surface area contributed by atoms with Crippen LogP contribution in [-0.4, -0.2) is 16.2 Å². The molecule has 2 atom stereocenters. The quantitative estimate of drug-likeness (QED) is 0.876. The molecule has 0 amide bonds. The highest BCUT2D eigenvalue weighted by molar-refractivity contribution is 5.29. The second-order valence-electron chi connectivity index (χ2n) is 5.46. The lowest BCUT2D eigenvalue weighted by molar-refractivity contribution is 0.0400. The molecular weight excluding hydrogens is 214 g/mol. The fourth-order valence-electron chi connectivity index (χ4n) is 2.54. The van der Waals surface area contributed by atoms with Gasteiger partial charge in [0.15, 0.2) is 0 Å². The van der Waals surface area contributed by atoms with Crippen molar-refractivity contribution in [1.82, 2.24) is 4.98 Å². The number of nitrogens with zero attached hydrogens (tertiary/aromatic N) is 1. The molecule has 0 aromatic carbocycles. The first-order valence-electron chi connectivity index (χ1n) is 6.34. The van der Waals surface area contributed by atoms with Crippen LogP contribution in [0.15, 0.2) is 18.5 Å². The maximum absolute atomic E-state index is 10.6. The van der Waals surface area contributed by atoms with E-state index in [0.717, 1.165) is 30.6 Å². The molecular formula is C14H21NO2. The molecule has 1 aliphatic rings. The van der Waals surface area contributed by atoms with Crippen LogP contribution in [0.3, 0.4) is 0 Å². The van der Waals surface area contributed by atoms with Crippen LogP contribution in [0, 0.1) is 5.92 Å². The Morgan fingerprint density at radius 1 is 1.47 bits per heavy atom. The Morgan fingerprint density at radius 2 is 2.24 bits per heavy atom. The van der Waals surface area contributed by atoms with Gasteiger partial charge in [0.1, 0.15) is 5.75 Å². The van der Waals surface area contributed by atoms with E-state index in [0.29, 0.717) is 5.92 Å².